The van der Waals surface area contributed by atoms with Crippen molar-refractivity contribution in [2.75, 3.05) is 39.0 Å². The third kappa shape index (κ3) is 5.68. The van der Waals surface area contributed by atoms with Crippen molar-refractivity contribution in [2.45, 2.75) is 39.5 Å². The summed E-state index contributed by atoms with van der Waals surface area (Å²) >= 11 is 0. The van der Waals surface area contributed by atoms with E-state index >= 15 is 0 Å². The van der Waals surface area contributed by atoms with Gasteiger partial charge in [-0.1, -0.05) is 45.9 Å². The SMILES string of the molecule is CC(C)c1cccc(C(C)C)c1NCC(=O)NCCN(C)C. The van der Waals surface area contributed by atoms with Gasteiger partial charge in [-0.15, -0.1) is 0 Å². The van der Waals surface area contributed by atoms with Crippen LogP contribution in [0.5, 0.6) is 0 Å². The molecule has 0 atom stereocenters. The highest BCUT2D eigenvalue weighted by atomic mass is 16.1. The third-order valence-corrected chi connectivity index (χ3v) is 3.68. The number of amides is 1. The van der Waals surface area contributed by atoms with Crippen molar-refractivity contribution >= 4 is 11.6 Å². The number of para-hydroxylation sites is 1. The number of hydrogen-bond acceptors (Lipinski definition) is 3. The lowest BCUT2D eigenvalue weighted by Crippen LogP contribution is -2.35. The molecular formula is C18H31N3O. The van der Waals surface area contributed by atoms with E-state index in [0.29, 0.717) is 24.9 Å². The van der Waals surface area contributed by atoms with Crippen LogP contribution in [0.2, 0.25) is 0 Å². The van der Waals surface area contributed by atoms with Gasteiger partial charge in [0, 0.05) is 18.8 Å². The van der Waals surface area contributed by atoms with E-state index in [1.54, 1.807) is 0 Å². The number of carbonyl (C=O) groups excluding carboxylic acids is 1. The van der Waals surface area contributed by atoms with E-state index in [1.165, 1.54) is 11.1 Å². The van der Waals surface area contributed by atoms with Crippen molar-refractivity contribution < 1.29 is 4.79 Å². The van der Waals surface area contributed by atoms with E-state index in [0.717, 1.165) is 12.2 Å². The molecule has 1 aromatic rings. The van der Waals surface area contributed by atoms with Crippen LogP contribution in [0, 0.1) is 0 Å². The van der Waals surface area contributed by atoms with Gasteiger partial charge < -0.3 is 15.5 Å². The first-order valence-electron chi connectivity index (χ1n) is 8.11. The minimum atomic E-state index is 0.0371. The third-order valence-electron chi connectivity index (χ3n) is 3.68. The molecule has 1 aromatic carbocycles. The number of nitrogens with one attached hydrogen (secondary N) is 2. The second kappa shape index (κ2) is 8.79. The first-order valence-corrected chi connectivity index (χ1v) is 8.11. The van der Waals surface area contributed by atoms with Gasteiger partial charge in [0.25, 0.3) is 0 Å². The summed E-state index contributed by atoms with van der Waals surface area (Å²) < 4.78 is 0. The van der Waals surface area contributed by atoms with Gasteiger partial charge in [0.05, 0.1) is 6.54 Å². The molecule has 0 saturated carbocycles. The topological polar surface area (TPSA) is 44.4 Å². The van der Waals surface area contributed by atoms with Gasteiger partial charge in [0.2, 0.25) is 5.91 Å². The number of likely N-dealkylation sites (N-methyl/N-ethyl adjacent to an activating group) is 1. The molecule has 0 radical (unpaired) electrons. The maximum Gasteiger partial charge on any atom is 0.239 e. The predicted molar refractivity (Wildman–Crippen MR) is 94.7 cm³/mol. The van der Waals surface area contributed by atoms with E-state index in [4.69, 9.17) is 0 Å². The molecule has 0 aromatic heterocycles. The van der Waals surface area contributed by atoms with Crippen LogP contribution in [-0.4, -0.2) is 44.5 Å². The van der Waals surface area contributed by atoms with Gasteiger partial charge in [0.1, 0.15) is 0 Å². The fourth-order valence-corrected chi connectivity index (χ4v) is 2.41. The minimum absolute atomic E-state index is 0.0371. The number of anilines is 1. The lowest BCUT2D eigenvalue weighted by molar-refractivity contribution is -0.119. The van der Waals surface area contributed by atoms with Crippen LogP contribution in [-0.2, 0) is 4.79 Å². The molecule has 2 N–H and O–H groups in total. The van der Waals surface area contributed by atoms with Crippen LogP contribution in [0.3, 0.4) is 0 Å². The Morgan fingerprint density at radius 2 is 1.64 bits per heavy atom. The lowest BCUT2D eigenvalue weighted by atomic mass is 9.92. The van der Waals surface area contributed by atoms with E-state index in [-0.39, 0.29) is 5.91 Å². The van der Waals surface area contributed by atoms with Crippen LogP contribution in [0.15, 0.2) is 18.2 Å². The maximum atomic E-state index is 12.0. The second-order valence-electron chi connectivity index (χ2n) is 6.63. The summed E-state index contributed by atoms with van der Waals surface area (Å²) in [5, 5.41) is 6.30. The minimum Gasteiger partial charge on any atom is -0.376 e. The Kier molecular flexibility index (Phi) is 7.39. The monoisotopic (exact) mass is 305 g/mol. The quantitative estimate of drug-likeness (QED) is 0.776. The summed E-state index contributed by atoms with van der Waals surface area (Å²) in [6.07, 6.45) is 0. The summed E-state index contributed by atoms with van der Waals surface area (Å²) in [6, 6.07) is 6.39. The Morgan fingerprint density at radius 3 is 2.09 bits per heavy atom. The molecule has 4 heteroatoms. The maximum absolute atomic E-state index is 12.0. The molecule has 0 aliphatic carbocycles. The number of hydrogen-bond donors (Lipinski definition) is 2. The van der Waals surface area contributed by atoms with Gasteiger partial charge in [-0.3, -0.25) is 4.79 Å². The highest BCUT2D eigenvalue weighted by Gasteiger charge is 2.14. The van der Waals surface area contributed by atoms with Crippen molar-refractivity contribution in [1.29, 1.82) is 0 Å². The summed E-state index contributed by atoms with van der Waals surface area (Å²) in [4.78, 5) is 14.0. The molecule has 0 fully saturated rings. The molecule has 1 rings (SSSR count). The highest BCUT2D eigenvalue weighted by Crippen LogP contribution is 2.32. The van der Waals surface area contributed by atoms with Gasteiger partial charge in [-0.25, -0.2) is 0 Å². The highest BCUT2D eigenvalue weighted by molar-refractivity contribution is 5.81. The summed E-state index contributed by atoms with van der Waals surface area (Å²) in [7, 11) is 4.00. The Morgan fingerprint density at radius 1 is 1.09 bits per heavy atom. The molecule has 0 saturated heterocycles. The number of rotatable bonds is 8. The molecule has 124 valence electrons. The van der Waals surface area contributed by atoms with Crippen LogP contribution >= 0.6 is 0 Å². The Labute approximate surface area is 135 Å². The second-order valence-corrected chi connectivity index (χ2v) is 6.63. The van der Waals surface area contributed by atoms with Gasteiger partial charge in [0.15, 0.2) is 0 Å². The predicted octanol–water partition coefficient (Wildman–Crippen LogP) is 3.02. The fourth-order valence-electron chi connectivity index (χ4n) is 2.41. The lowest BCUT2D eigenvalue weighted by Gasteiger charge is -2.21. The molecular weight excluding hydrogens is 274 g/mol. The van der Waals surface area contributed by atoms with Crippen molar-refractivity contribution in [3.05, 3.63) is 29.3 Å². The normalized spacial score (nSPS) is 11.3. The standard InChI is InChI=1S/C18H31N3O/c1-13(2)15-8-7-9-16(14(3)4)18(15)20-12-17(22)19-10-11-21(5)6/h7-9,13-14,20H,10-12H2,1-6H3,(H,19,22). The van der Waals surface area contributed by atoms with Crippen molar-refractivity contribution in [3.8, 4) is 0 Å². The summed E-state index contributed by atoms with van der Waals surface area (Å²) in [5.41, 5.74) is 3.66. The molecule has 4 nitrogen and oxygen atoms in total. The average Bonchev–Trinajstić information content (AvgIpc) is 2.43. The van der Waals surface area contributed by atoms with Gasteiger partial charge in [-0.2, -0.15) is 0 Å². The van der Waals surface area contributed by atoms with Gasteiger partial charge in [-0.05, 0) is 37.1 Å². The Hall–Kier alpha value is -1.55. The van der Waals surface area contributed by atoms with E-state index in [9.17, 15) is 4.79 Å². The van der Waals surface area contributed by atoms with E-state index in [2.05, 4.69) is 61.4 Å². The van der Waals surface area contributed by atoms with Crippen molar-refractivity contribution in [3.63, 3.8) is 0 Å². The molecule has 0 spiro atoms. The summed E-state index contributed by atoms with van der Waals surface area (Å²) in [5.74, 6) is 0.895. The zero-order valence-corrected chi connectivity index (χ0v) is 14.9. The molecule has 0 unspecified atom stereocenters. The average molecular weight is 305 g/mol. The summed E-state index contributed by atoms with van der Waals surface area (Å²) in [6.45, 7) is 10.6. The first kappa shape index (κ1) is 18.5. The molecule has 0 heterocycles. The van der Waals surface area contributed by atoms with Crippen molar-refractivity contribution in [2.24, 2.45) is 0 Å². The smallest absolute Gasteiger partial charge is 0.239 e. The van der Waals surface area contributed by atoms with Crippen LogP contribution < -0.4 is 10.6 Å². The fraction of sp³-hybridized carbons (Fsp3) is 0.611. The molecule has 1 amide bonds. The molecule has 0 bridgehead atoms. The Bertz CT molecular complexity index is 455. The zero-order valence-electron chi connectivity index (χ0n) is 14.9. The van der Waals surface area contributed by atoms with Crippen LogP contribution in [0.4, 0.5) is 5.69 Å². The van der Waals surface area contributed by atoms with Crippen molar-refractivity contribution in [1.82, 2.24) is 10.2 Å². The van der Waals surface area contributed by atoms with E-state index < -0.39 is 0 Å². The molecule has 22 heavy (non-hydrogen) atoms. The molecule has 0 aliphatic heterocycles. The molecule has 0 aliphatic rings. The Balaban J connectivity index is 2.73. The largest absolute Gasteiger partial charge is 0.376 e. The van der Waals surface area contributed by atoms with Crippen LogP contribution in [0.1, 0.15) is 50.7 Å². The van der Waals surface area contributed by atoms with E-state index in [1.807, 2.05) is 14.1 Å². The zero-order chi connectivity index (χ0) is 16.7. The number of nitrogens with zero attached hydrogens (tertiary/aromatic N) is 1. The number of benzene rings is 1. The van der Waals surface area contributed by atoms with Crippen LogP contribution in [0.25, 0.3) is 0 Å². The number of carbonyl (C=O) groups is 1. The van der Waals surface area contributed by atoms with Gasteiger partial charge >= 0.3 is 0 Å². The first-order chi connectivity index (χ1) is 10.3.